The molecule has 0 atom stereocenters. The molecule has 98 valence electrons. The van der Waals surface area contributed by atoms with Gasteiger partial charge in [-0.3, -0.25) is 0 Å². The second kappa shape index (κ2) is 5.71. The normalized spacial score (nSPS) is 29.0. The molecule has 1 heterocycles. The molecule has 2 fully saturated rings. The van der Waals surface area contributed by atoms with E-state index in [-0.39, 0.29) is 6.04 Å². The van der Waals surface area contributed by atoms with Gasteiger partial charge in [-0.2, -0.15) is 0 Å². The van der Waals surface area contributed by atoms with Crippen LogP contribution in [0.15, 0.2) is 0 Å². The Morgan fingerprint density at radius 1 is 1.35 bits per heavy atom. The highest BCUT2D eigenvalue weighted by Gasteiger charge is 2.39. The van der Waals surface area contributed by atoms with Gasteiger partial charge in [0.15, 0.2) is 0 Å². The van der Waals surface area contributed by atoms with Crippen molar-refractivity contribution >= 4 is 6.09 Å². The Balaban J connectivity index is 1.77. The largest absolute Gasteiger partial charge is 0.465 e. The Kier molecular flexibility index (Phi) is 4.26. The number of unbranched alkanes of at least 4 members (excludes halogenated alkanes) is 1. The van der Waals surface area contributed by atoms with Crippen molar-refractivity contribution in [1.29, 1.82) is 0 Å². The highest BCUT2D eigenvalue weighted by Crippen LogP contribution is 2.32. The van der Waals surface area contributed by atoms with Crippen LogP contribution in [-0.4, -0.2) is 52.7 Å². The highest BCUT2D eigenvalue weighted by atomic mass is 16.4. The topological polar surface area (TPSA) is 43.8 Å². The van der Waals surface area contributed by atoms with E-state index in [1.54, 1.807) is 4.90 Å². The molecule has 2 rings (SSSR count). The number of carboxylic acid groups (broad SMARTS) is 1. The van der Waals surface area contributed by atoms with E-state index in [9.17, 15) is 9.90 Å². The fraction of sp³-hybridized carbons (Fsp3) is 0.923. The minimum absolute atomic E-state index is 0.282. The van der Waals surface area contributed by atoms with E-state index in [0.29, 0.717) is 12.6 Å². The van der Waals surface area contributed by atoms with Gasteiger partial charge in [0.25, 0.3) is 0 Å². The van der Waals surface area contributed by atoms with Gasteiger partial charge in [-0.15, -0.1) is 0 Å². The van der Waals surface area contributed by atoms with E-state index in [1.165, 1.54) is 25.9 Å². The van der Waals surface area contributed by atoms with Crippen LogP contribution in [0.25, 0.3) is 0 Å². The molecule has 0 aromatic carbocycles. The van der Waals surface area contributed by atoms with Gasteiger partial charge >= 0.3 is 6.09 Å². The average molecular weight is 240 g/mol. The maximum atomic E-state index is 11.2. The van der Waals surface area contributed by atoms with Gasteiger partial charge in [0.1, 0.15) is 0 Å². The summed E-state index contributed by atoms with van der Waals surface area (Å²) in [6, 6.07) is 0.940. The van der Waals surface area contributed by atoms with E-state index >= 15 is 0 Å². The van der Waals surface area contributed by atoms with Crippen molar-refractivity contribution in [3.63, 3.8) is 0 Å². The number of amides is 1. The smallest absolute Gasteiger partial charge is 0.407 e. The fourth-order valence-electron chi connectivity index (χ4n) is 2.98. The number of carbonyl (C=O) groups is 1. The molecule has 1 amide bonds. The zero-order valence-electron chi connectivity index (χ0n) is 10.8. The summed E-state index contributed by atoms with van der Waals surface area (Å²) in [5.74, 6) is 0. The maximum absolute atomic E-state index is 11.2. The summed E-state index contributed by atoms with van der Waals surface area (Å²) in [4.78, 5) is 15.4. The van der Waals surface area contributed by atoms with Crippen LogP contribution < -0.4 is 0 Å². The Hall–Kier alpha value is -0.770. The van der Waals surface area contributed by atoms with Crippen LogP contribution in [0.3, 0.4) is 0 Å². The van der Waals surface area contributed by atoms with Gasteiger partial charge in [-0.1, -0.05) is 13.3 Å². The van der Waals surface area contributed by atoms with E-state index in [4.69, 9.17) is 0 Å². The summed E-state index contributed by atoms with van der Waals surface area (Å²) in [6.07, 6.45) is 6.05. The van der Waals surface area contributed by atoms with Gasteiger partial charge in [0.2, 0.25) is 0 Å². The van der Waals surface area contributed by atoms with Gasteiger partial charge in [-0.25, -0.2) is 4.79 Å². The molecule has 4 nitrogen and oxygen atoms in total. The van der Waals surface area contributed by atoms with Crippen molar-refractivity contribution in [3.05, 3.63) is 0 Å². The first kappa shape index (κ1) is 12.7. The molecule has 0 bridgehead atoms. The quantitative estimate of drug-likeness (QED) is 0.802. The predicted octanol–water partition coefficient (Wildman–Crippen LogP) is 2.39. The Labute approximate surface area is 104 Å². The van der Waals surface area contributed by atoms with Crippen LogP contribution in [0.1, 0.15) is 45.4 Å². The molecule has 0 unspecified atom stereocenters. The first-order valence-electron chi connectivity index (χ1n) is 6.96. The molecule has 1 saturated carbocycles. The minimum atomic E-state index is -0.733. The van der Waals surface area contributed by atoms with Crippen molar-refractivity contribution in [2.45, 2.75) is 57.5 Å². The van der Waals surface area contributed by atoms with Gasteiger partial charge in [0.05, 0.1) is 0 Å². The molecule has 2 aliphatic rings. The van der Waals surface area contributed by atoms with Crippen molar-refractivity contribution < 1.29 is 9.90 Å². The number of hydrogen-bond acceptors (Lipinski definition) is 2. The van der Waals surface area contributed by atoms with Crippen molar-refractivity contribution in [3.8, 4) is 0 Å². The zero-order valence-corrected chi connectivity index (χ0v) is 10.8. The lowest BCUT2D eigenvalue weighted by molar-refractivity contribution is 0.0414. The molecule has 1 N–H and O–H groups in total. The molecule has 0 spiro atoms. The molecular formula is C13H24N2O2. The Morgan fingerprint density at radius 3 is 2.53 bits per heavy atom. The van der Waals surface area contributed by atoms with Crippen molar-refractivity contribution in [2.24, 2.45) is 0 Å². The first-order valence-corrected chi connectivity index (χ1v) is 6.96. The standard InChI is InChI=1S/C13H24N2O2/c1-2-3-8-15(13(16)17)12-9-11(10-12)14-6-4-5-7-14/h11-12H,2-10H2,1H3,(H,16,17). The predicted molar refractivity (Wildman–Crippen MR) is 67.3 cm³/mol. The van der Waals surface area contributed by atoms with Crippen LogP contribution in [0.4, 0.5) is 4.79 Å². The van der Waals surface area contributed by atoms with E-state index in [0.717, 1.165) is 25.7 Å². The van der Waals surface area contributed by atoms with Crippen molar-refractivity contribution in [2.75, 3.05) is 19.6 Å². The minimum Gasteiger partial charge on any atom is -0.465 e. The summed E-state index contributed by atoms with van der Waals surface area (Å²) in [6.45, 7) is 5.26. The van der Waals surface area contributed by atoms with Crippen LogP contribution in [0.2, 0.25) is 0 Å². The molecule has 1 aliphatic heterocycles. The highest BCUT2D eigenvalue weighted by molar-refractivity contribution is 5.65. The van der Waals surface area contributed by atoms with Crippen LogP contribution in [-0.2, 0) is 0 Å². The number of likely N-dealkylation sites (tertiary alicyclic amines) is 1. The molecule has 1 aliphatic carbocycles. The van der Waals surface area contributed by atoms with E-state index in [1.807, 2.05) is 0 Å². The number of nitrogens with zero attached hydrogens (tertiary/aromatic N) is 2. The molecule has 4 heteroatoms. The monoisotopic (exact) mass is 240 g/mol. The Bertz CT molecular complexity index is 258. The second-order valence-corrected chi connectivity index (χ2v) is 5.35. The molecule has 17 heavy (non-hydrogen) atoms. The summed E-state index contributed by atoms with van der Waals surface area (Å²) in [5, 5.41) is 9.20. The third-order valence-corrected chi connectivity index (χ3v) is 4.18. The molecule has 0 aromatic heterocycles. The third kappa shape index (κ3) is 2.92. The van der Waals surface area contributed by atoms with Gasteiger partial charge in [-0.05, 0) is 45.2 Å². The molecular weight excluding hydrogens is 216 g/mol. The average Bonchev–Trinajstić information content (AvgIpc) is 2.73. The van der Waals surface area contributed by atoms with Crippen molar-refractivity contribution in [1.82, 2.24) is 9.80 Å². The summed E-state index contributed by atoms with van der Waals surface area (Å²) < 4.78 is 0. The molecule has 0 radical (unpaired) electrons. The number of rotatable bonds is 5. The summed E-state index contributed by atoms with van der Waals surface area (Å²) in [5.41, 5.74) is 0. The Morgan fingerprint density at radius 2 is 2.00 bits per heavy atom. The van der Waals surface area contributed by atoms with E-state index in [2.05, 4.69) is 11.8 Å². The SMILES string of the molecule is CCCCN(C(=O)O)C1CC(N2CCCC2)C1. The lowest BCUT2D eigenvalue weighted by Gasteiger charge is -2.45. The summed E-state index contributed by atoms with van der Waals surface area (Å²) in [7, 11) is 0. The number of hydrogen-bond donors (Lipinski definition) is 1. The van der Waals surface area contributed by atoms with Crippen LogP contribution in [0, 0.1) is 0 Å². The van der Waals surface area contributed by atoms with Gasteiger partial charge in [0, 0.05) is 18.6 Å². The maximum Gasteiger partial charge on any atom is 0.407 e. The van der Waals surface area contributed by atoms with Crippen LogP contribution in [0.5, 0.6) is 0 Å². The zero-order chi connectivity index (χ0) is 12.3. The first-order chi connectivity index (χ1) is 8.22. The van der Waals surface area contributed by atoms with E-state index < -0.39 is 6.09 Å². The third-order valence-electron chi connectivity index (χ3n) is 4.18. The van der Waals surface area contributed by atoms with Gasteiger partial charge < -0.3 is 14.9 Å². The van der Waals surface area contributed by atoms with Crippen LogP contribution >= 0.6 is 0 Å². The second-order valence-electron chi connectivity index (χ2n) is 5.35. The fourth-order valence-corrected chi connectivity index (χ4v) is 2.98. The lowest BCUT2D eigenvalue weighted by Crippen LogP contribution is -2.54. The summed E-state index contributed by atoms with van der Waals surface area (Å²) >= 11 is 0. The lowest BCUT2D eigenvalue weighted by atomic mass is 9.84. The molecule has 0 aromatic rings. The molecule has 1 saturated heterocycles.